The lowest BCUT2D eigenvalue weighted by Crippen LogP contribution is -2.00. The van der Waals surface area contributed by atoms with E-state index in [1.165, 1.54) is 0 Å². The highest BCUT2D eigenvalue weighted by Crippen LogP contribution is 1.92. The first-order valence-electron chi connectivity index (χ1n) is 3.46. The van der Waals surface area contributed by atoms with E-state index in [0.717, 1.165) is 0 Å². The zero-order chi connectivity index (χ0) is 8.10. The molecule has 1 aromatic rings. The van der Waals surface area contributed by atoms with Crippen molar-refractivity contribution in [1.29, 1.82) is 0 Å². The maximum Gasteiger partial charge on any atom is 0.170 e. The van der Waals surface area contributed by atoms with Gasteiger partial charge < -0.3 is 5.11 Å². The summed E-state index contributed by atoms with van der Waals surface area (Å²) < 4.78 is 1.64. The number of aryl methyl sites for hydroxylation is 1. The second-order valence-corrected chi connectivity index (χ2v) is 2.20. The lowest BCUT2D eigenvalue weighted by atomic mass is 10.4. The molecule has 1 N–H and O–H groups in total. The summed E-state index contributed by atoms with van der Waals surface area (Å²) in [6, 6.07) is 1.64. The number of aldehydes is 1. The Balaban J connectivity index is 2.51. The molecule has 0 spiro atoms. The quantitative estimate of drug-likeness (QED) is 0.625. The van der Waals surface area contributed by atoms with Gasteiger partial charge in [-0.15, -0.1) is 0 Å². The van der Waals surface area contributed by atoms with Crippen molar-refractivity contribution < 1.29 is 9.90 Å². The number of nitrogens with zero attached hydrogens (tertiary/aromatic N) is 2. The van der Waals surface area contributed by atoms with Gasteiger partial charge in [-0.2, -0.15) is 5.10 Å². The first-order valence-corrected chi connectivity index (χ1v) is 3.46. The number of aliphatic hydroxyl groups excluding tert-OH is 1. The third-order valence-corrected chi connectivity index (χ3v) is 1.33. The van der Waals surface area contributed by atoms with E-state index in [4.69, 9.17) is 5.11 Å². The van der Waals surface area contributed by atoms with Crippen molar-refractivity contribution in [3.8, 4) is 0 Å². The Morgan fingerprint density at radius 3 is 3.09 bits per heavy atom. The molecule has 0 saturated heterocycles. The van der Waals surface area contributed by atoms with Crippen molar-refractivity contribution in [1.82, 2.24) is 9.78 Å². The fraction of sp³-hybridized carbons (Fsp3) is 0.429. The van der Waals surface area contributed by atoms with Crippen LogP contribution in [0.4, 0.5) is 0 Å². The molecule has 11 heavy (non-hydrogen) atoms. The van der Waals surface area contributed by atoms with Gasteiger partial charge in [-0.1, -0.05) is 0 Å². The molecule has 60 valence electrons. The second-order valence-electron chi connectivity index (χ2n) is 2.20. The lowest BCUT2D eigenvalue weighted by Gasteiger charge is -1.96. The van der Waals surface area contributed by atoms with Crippen LogP contribution in [0.25, 0.3) is 0 Å². The molecule has 0 aromatic carbocycles. The maximum atomic E-state index is 10.2. The van der Waals surface area contributed by atoms with Gasteiger partial charge in [0.25, 0.3) is 0 Å². The molecule has 0 bridgehead atoms. The number of aromatic nitrogens is 2. The molecule has 1 rings (SSSR count). The average Bonchev–Trinajstić information content (AvgIpc) is 2.48. The number of aliphatic hydroxyl groups is 1. The zero-order valence-electron chi connectivity index (χ0n) is 6.10. The van der Waals surface area contributed by atoms with Gasteiger partial charge in [-0.3, -0.25) is 9.48 Å². The highest BCUT2D eigenvalue weighted by molar-refractivity contribution is 5.71. The Labute approximate surface area is 64.5 Å². The molecule has 0 atom stereocenters. The van der Waals surface area contributed by atoms with Crippen molar-refractivity contribution in [2.45, 2.75) is 13.0 Å². The van der Waals surface area contributed by atoms with Crippen molar-refractivity contribution in [3.05, 3.63) is 18.0 Å². The van der Waals surface area contributed by atoms with E-state index in [9.17, 15) is 4.79 Å². The van der Waals surface area contributed by atoms with Crippen LogP contribution in [-0.2, 0) is 6.54 Å². The molecule has 0 aliphatic heterocycles. The molecule has 1 heterocycles. The highest BCUT2D eigenvalue weighted by Gasteiger charge is 1.94. The smallest absolute Gasteiger partial charge is 0.170 e. The summed E-state index contributed by atoms with van der Waals surface area (Å²) in [7, 11) is 0. The summed E-state index contributed by atoms with van der Waals surface area (Å²) in [4.78, 5) is 10.2. The van der Waals surface area contributed by atoms with E-state index in [1.54, 1.807) is 16.9 Å². The van der Waals surface area contributed by atoms with E-state index in [1.807, 2.05) is 0 Å². The summed E-state index contributed by atoms with van der Waals surface area (Å²) in [6.45, 7) is 0.806. The number of carbonyl (C=O) groups is 1. The molecular weight excluding hydrogens is 144 g/mol. The SMILES string of the molecule is O=Cc1ccn(CCCO)n1. The summed E-state index contributed by atoms with van der Waals surface area (Å²) in [6.07, 6.45) is 3.09. The first kappa shape index (κ1) is 7.94. The van der Waals surface area contributed by atoms with Crippen LogP contribution in [0.3, 0.4) is 0 Å². The summed E-state index contributed by atoms with van der Waals surface area (Å²) >= 11 is 0. The lowest BCUT2D eigenvalue weighted by molar-refractivity contribution is 0.111. The minimum Gasteiger partial charge on any atom is -0.396 e. The third kappa shape index (κ3) is 2.16. The van der Waals surface area contributed by atoms with Gasteiger partial charge in [0.2, 0.25) is 0 Å². The van der Waals surface area contributed by atoms with Gasteiger partial charge >= 0.3 is 0 Å². The predicted molar refractivity (Wildman–Crippen MR) is 39.3 cm³/mol. The van der Waals surface area contributed by atoms with Gasteiger partial charge in [-0.05, 0) is 12.5 Å². The summed E-state index contributed by atoms with van der Waals surface area (Å²) in [5.74, 6) is 0. The van der Waals surface area contributed by atoms with Gasteiger partial charge in [0, 0.05) is 19.3 Å². The van der Waals surface area contributed by atoms with Crippen LogP contribution < -0.4 is 0 Å². The van der Waals surface area contributed by atoms with Gasteiger partial charge in [0.1, 0.15) is 5.69 Å². The molecule has 0 saturated carbocycles. The van der Waals surface area contributed by atoms with Crippen molar-refractivity contribution in [2.24, 2.45) is 0 Å². The Morgan fingerprint density at radius 1 is 1.73 bits per heavy atom. The standard InChI is InChI=1S/C7H10N2O2/c10-5-1-3-9-4-2-7(6-11)8-9/h2,4,6,10H,1,3,5H2. The molecule has 0 unspecified atom stereocenters. The number of hydrogen-bond acceptors (Lipinski definition) is 3. The van der Waals surface area contributed by atoms with E-state index >= 15 is 0 Å². The van der Waals surface area contributed by atoms with E-state index in [-0.39, 0.29) is 6.61 Å². The molecule has 4 heteroatoms. The molecule has 0 radical (unpaired) electrons. The van der Waals surface area contributed by atoms with Crippen molar-refractivity contribution in [3.63, 3.8) is 0 Å². The van der Waals surface area contributed by atoms with Gasteiger partial charge in [0.15, 0.2) is 6.29 Å². The van der Waals surface area contributed by atoms with Gasteiger partial charge in [-0.25, -0.2) is 0 Å². The molecule has 0 amide bonds. The largest absolute Gasteiger partial charge is 0.396 e. The monoisotopic (exact) mass is 154 g/mol. The fourth-order valence-electron chi connectivity index (χ4n) is 0.797. The molecule has 0 aliphatic carbocycles. The van der Waals surface area contributed by atoms with E-state index in [0.29, 0.717) is 24.9 Å². The van der Waals surface area contributed by atoms with E-state index in [2.05, 4.69) is 5.10 Å². The average molecular weight is 154 g/mol. The van der Waals surface area contributed by atoms with Crippen LogP contribution >= 0.6 is 0 Å². The third-order valence-electron chi connectivity index (χ3n) is 1.33. The summed E-state index contributed by atoms with van der Waals surface area (Å²) in [5.41, 5.74) is 0.433. The maximum absolute atomic E-state index is 10.2. The molecule has 0 aliphatic rings. The van der Waals surface area contributed by atoms with Gasteiger partial charge in [0.05, 0.1) is 0 Å². The number of rotatable bonds is 4. The van der Waals surface area contributed by atoms with Crippen LogP contribution in [0.5, 0.6) is 0 Å². The Hall–Kier alpha value is -1.16. The minimum atomic E-state index is 0.149. The molecular formula is C7H10N2O2. The number of carbonyl (C=O) groups excluding carboxylic acids is 1. The topological polar surface area (TPSA) is 55.1 Å². The Bertz CT molecular complexity index is 232. The predicted octanol–water partition coefficient (Wildman–Crippen LogP) is 0.0780. The van der Waals surface area contributed by atoms with Crippen LogP contribution in [0.1, 0.15) is 16.9 Å². The normalized spacial score (nSPS) is 9.91. The Kier molecular flexibility index (Phi) is 2.80. The van der Waals surface area contributed by atoms with Crippen LogP contribution in [0, 0.1) is 0 Å². The minimum absolute atomic E-state index is 0.149. The zero-order valence-corrected chi connectivity index (χ0v) is 6.10. The number of hydrogen-bond donors (Lipinski definition) is 1. The molecule has 0 fully saturated rings. The summed E-state index contributed by atoms with van der Waals surface area (Å²) in [5, 5.41) is 12.4. The van der Waals surface area contributed by atoms with Crippen molar-refractivity contribution in [2.75, 3.05) is 6.61 Å². The fourth-order valence-corrected chi connectivity index (χ4v) is 0.797. The van der Waals surface area contributed by atoms with Crippen LogP contribution in [0.2, 0.25) is 0 Å². The van der Waals surface area contributed by atoms with Crippen LogP contribution in [-0.4, -0.2) is 27.8 Å². The first-order chi connectivity index (χ1) is 5.36. The van der Waals surface area contributed by atoms with Crippen molar-refractivity contribution >= 4 is 6.29 Å². The van der Waals surface area contributed by atoms with E-state index < -0.39 is 0 Å². The Morgan fingerprint density at radius 2 is 2.55 bits per heavy atom. The van der Waals surface area contributed by atoms with Crippen LogP contribution in [0.15, 0.2) is 12.3 Å². The second kappa shape index (κ2) is 3.88. The highest BCUT2D eigenvalue weighted by atomic mass is 16.3. The molecule has 1 aromatic heterocycles. The molecule has 4 nitrogen and oxygen atoms in total.